The van der Waals surface area contributed by atoms with Gasteiger partial charge in [0.1, 0.15) is 11.5 Å². The van der Waals surface area contributed by atoms with Gasteiger partial charge < -0.3 is 14.6 Å². The van der Waals surface area contributed by atoms with E-state index in [-0.39, 0.29) is 12.4 Å². The first-order chi connectivity index (χ1) is 15.1. The molecule has 31 heavy (non-hydrogen) atoms. The number of benzene rings is 3. The van der Waals surface area contributed by atoms with Crippen LogP contribution in [0.2, 0.25) is 0 Å². The van der Waals surface area contributed by atoms with Crippen LogP contribution in [-0.4, -0.2) is 23.7 Å². The van der Waals surface area contributed by atoms with Crippen molar-refractivity contribution in [3.8, 4) is 11.5 Å². The highest BCUT2D eigenvalue weighted by atomic mass is 16.5. The number of carboxylic acids is 1. The molecule has 3 aromatic rings. The summed E-state index contributed by atoms with van der Waals surface area (Å²) in [6.07, 6.45) is 1.83. The lowest BCUT2D eigenvalue weighted by molar-refractivity contribution is -0.137. The van der Waals surface area contributed by atoms with Gasteiger partial charge in [0.25, 0.3) is 0 Å². The highest BCUT2D eigenvalue weighted by molar-refractivity contribution is 5.72. The number of carbonyl (C=O) groups excluding carboxylic acids is 1. The third-order valence-electron chi connectivity index (χ3n) is 4.27. The van der Waals surface area contributed by atoms with Crippen molar-refractivity contribution in [2.45, 2.75) is 32.6 Å². The quantitative estimate of drug-likeness (QED) is 0.374. The van der Waals surface area contributed by atoms with E-state index in [0.717, 1.165) is 16.9 Å². The molecule has 0 saturated carbocycles. The minimum absolute atomic E-state index is 0.212. The Morgan fingerprint density at radius 1 is 0.742 bits per heavy atom. The predicted molar refractivity (Wildman–Crippen MR) is 120 cm³/mol. The summed E-state index contributed by atoms with van der Waals surface area (Å²) in [7, 11) is 0. The first-order valence-electron chi connectivity index (χ1n) is 10.3. The minimum Gasteiger partial charge on any atom is -0.494 e. The van der Waals surface area contributed by atoms with Gasteiger partial charge in [-0.05, 0) is 55.2 Å². The number of carbonyl (C=O) groups is 2. The first-order valence-corrected chi connectivity index (χ1v) is 10.3. The first kappa shape index (κ1) is 23.7. The van der Waals surface area contributed by atoms with Crippen molar-refractivity contribution in [2.24, 2.45) is 0 Å². The Balaban J connectivity index is 0.000000262. The predicted octanol–water partition coefficient (Wildman–Crippen LogP) is 5.33. The van der Waals surface area contributed by atoms with Gasteiger partial charge in [-0.3, -0.25) is 9.59 Å². The Kier molecular flexibility index (Phi) is 10.4. The smallest absolute Gasteiger partial charge is 0.311 e. The third-order valence-corrected chi connectivity index (χ3v) is 4.27. The van der Waals surface area contributed by atoms with Crippen LogP contribution in [0, 0.1) is 0 Å². The molecule has 162 valence electrons. The summed E-state index contributed by atoms with van der Waals surface area (Å²) in [5, 5.41) is 8.37. The molecule has 0 saturated heterocycles. The third kappa shape index (κ3) is 10.1. The summed E-state index contributed by atoms with van der Waals surface area (Å²) in [6.45, 7) is 2.59. The molecule has 0 aromatic heterocycles. The summed E-state index contributed by atoms with van der Waals surface area (Å²) in [4.78, 5) is 21.9. The Bertz CT molecular complexity index is 923. The maximum Gasteiger partial charge on any atom is 0.311 e. The van der Waals surface area contributed by atoms with Gasteiger partial charge in [-0.1, -0.05) is 60.7 Å². The fourth-order valence-corrected chi connectivity index (χ4v) is 2.77. The molecule has 0 atom stereocenters. The summed E-state index contributed by atoms with van der Waals surface area (Å²) in [5.74, 6) is 0.453. The number of aliphatic carboxylic acids is 1. The van der Waals surface area contributed by atoms with Gasteiger partial charge in [-0.15, -0.1) is 0 Å². The lowest BCUT2D eigenvalue weighted by Gasteiger charge is -2.06. The maximum absolute atomic E-state index is 11.7. The monoisotopic (exact) mass is 420 g/mol. The number of para-hydroxylation sites is 1. The van der Waals surface area contributed by atoms with Crippen LogP contribution in [0.15, 0.2) is 84.9 Å². The SMILES string of the molecule is CCOc1cccc(CCC(=O)Oc2ccccc2)c1.O=C(O)CCc1ccccc1. The molecule has 0 radical (unpaired) electrons. The molecule has 1 N–H and O–H groups in total. The van der Waals surface area contributed by atoms with E-state index in [1.807, 2.05) is 79.7 Å². The lowest BCUT2D eigenvalue weighted by atomic mass is 10.1. The van der Waals surface area contributed by atoms with E-state index in [1.54, 1.807) is 12.1 Å². The van der Waals surface area contributed by atoms with Crippen LogP contribution in [0.4, 0.5) is 0 Å². The van der Waals surface area contributed by atoms with Gasteiger partial charge in [0, 0.05) is 12.8 Å². The average Bonchev–Trinajstić information content (AvgIpc) is 2.79. The molecule has 3 aromatic carbocycles. The van der Waals surface area contributed by atoms with E-state index >= 15 is 0 Å². The molecule has 0 spiro atoms. The topological polar surface area (TPSA) is 72.8 Å². The molecule has 0 amide bonds. The van der Waals surface area contributed by atoms with Gasteiger partial charge in [0.15, 0.2) is 0 Å². The largest absolute Gasteiger partial charge is 0.494 e. The van der Waals surface area contributed by atoms with Crippen LogP contribution in [-0.2, 0) is 22.4 Å². The Morgan fingerprint density at radius 3 is 1.97 bits per heavy atom. The van der Waals surface area contributed by atoms with Gasteiger partial charge in [-0.2, -0.15) is 0 Å². The van der Waals surface area contributed by atoms with Crippen LogP contribution >= 0.6 is 0 Å². The summed E-state index contributed by atoms with van der Waals surface area (Å²) >= 11 is 0. The fraction of sp³-hybridized carbons (Fsp3) is 0.231. The van der Waals surface area contributed by atoms with Gasteiger partial charge in [0.2, 0.25) is 0 Å². The Hall–Kier alpha value is -3.60. The van der Waals surface area contributed by atoms with E-state index in [4.69, 9.17) is 14.6 Å². The van der Waals surface area contributed by atoms with Crippen molar-refractivity contribution >= 4 is 11.9 Å². The normalized spacial score (nSPS) is 9.84. The Morgan fingerprint density at radius 2 is 1.32 bits per heavy atom. The summed E-state index contributed by atoms with van der Waals surface area (Å²) < 4.78 is 10.7. The second-order valence-corrected chi connectivity index (χ2v) is 6.75. The molecule has 0 aliphatic rings. The van der Waals surface area contributed by atoms with E-state index < -0.39 is 5.97 Å². The van der Waals surface area contributed by atoms with Gasteiger partial charge in [0.05, 0.1) is 6.61 Å². The molecule has 0 fully saturated rings. The molecule has 5 nitrogen and oxygen atoms in total. The average molecular weight is 421 g/mol. The number of hydrogen-bond donors (Lipinski definition) is 1. The standard InChI is InChI=1S/C17H18O3.C9H10O2/c1-2-19-16-10-6-7-14(13-16)11-12-17(18)20-15-8-4-3-5-9-15;10-9(11)7-6-8-4-2-1-3-5-8/h3-10,13H,2,11-12H2,1H3;1-5H,6-7H2,(H,10,11). The number of esters is 1. The zero-order valence-corrected chi connectivity index (χ0v) is 17.7. The number of rotatable bonds is 9. The van der Waals surface area contributed by atoms with E-state index in [1.165, 1.54) is 0 Å². The van der Waals surface area contributed by atoms with Crippen molar-refractivity contribution in [3.63, 3.8) is 0 Å². The number of carboxylic acid groups (broad SMARTS) is 1. The van der Waals surface area contributed by atoms with Crippen LogP contribution in [0.3, 0.4) is 0 Å². The second kappa shape index (κ2) is 13.6. The number of hydrogen-bond acceptors (Lipinski definition) is 4. The summed E-state index contributed by atoms with van der Waals surface area (Å²) in [5.41, 5.74) is 2.15. The number of aryl methyl sites for hydroxylation is 2. The highest BCUT2D eigenvalue weighted by Crippen LogP contribution is 2.15. The maximum atomic E-state index is 11.7. The molecule has 0 aliphatic heterocycles. The molecule has 0 aliphatic carbocycles. The minimum atomic E-state index is -0.742. The van der Waals surface area contributed by atoms with Crippen LogP contribution in [0.1, 0.15) is 30.9 Å². The Labute approximate surface area is 183 Å². The van der Waals surface area contributed by atoms with Crippen molar-refractivity contribution in [3.05, 3.63) is 96.1 Å². The van der Waals surface area contributed by atoms with E-state index in [9.17, 15) is 9.59 Å². The lowest BCUT2D eigenvalue weighted by Crippen LogP contribution is -2.08. The van der Waals surface area contributed by atoms with E-state index in [0.29, 0.717) is 31.6 Å². The van der Waals surface area contributed by atoms with Crippen LogP contribution in [0.5, 0.6) is 11.5 Å². The zero-order chi connectivity index (χ0) is 22.3. The zero-order valence-electron chi connectivity index (χ0n) is 17.7. The van der Waals surface area contributed by atoms with Crippen molar-refractivity contribution < 1.29 is 24.2 Å². The summed E-state index contributed by atoms with van der Waals surface area (Å²) in [6, 6.07) is 26.5. The molecule has 0 unspecified atom stereocenters. The van der Waals surface area contributed by atoms with Crippen molar-refractivity contribution in [1.29, 1.82) is 0 Å². The molecular formula is C26H28O5. The molecule has 0 heterocycles. The highest BCUT2D eigenvalue weighted by Gasteiger charge is 2.06. The second-order valence-electron chi connectivity index (χ2n) is 6.75. The van der Waals surface area contributed by atoms with Crippen LogP contribution in [0.25, 0.3) is 0 Å². The molecule has 3 rings (SSSR count). The molecule has 5 heteroatoms. The fourth-order valence-electron chi connectivity index (χ4n) is 2.77. The van der Waals surface area contributed by atoms with Gasteiger partial charge in [-0.25, -0.2) is 0 Å². The number of ether oxygens (including phenoxy) is 2. The van der Waals surface area contributed by atoms with E-state index in [2.05, 4.69) is 0 Å². The van der Waals surface area contributed by atoms with Crippen molar-refractivity contribution in [1.82, 2.24) is 0 Å². The molecule has 0 bridgehead atoms. The van der Waals surface area contributed by atoms with Gasteiger partial charge >= 0.3 is 11.9 Å². The van der Waals surface area contributed by atoms with Crippen LogP contribution < -0.4 is 9.47 Å². The molecular weight excluding hydrogens is 392 g/mol. The van der Waals surface area contributed by atoms with Crippen molar-refractivity contribution in [2.75, 3.05) is 6.61 Å².